The van der Waals surface area contributed by atoms with Crippen molar-refractivity contribution in [1.29, 1.82) is 0 Å². The third kappa shape index (κ3) is 5.50. The van der Waals surface area contributed by atoms with Crippen LogP contribution in [0.25, 0.3) is 0 Å². The number of hydrogen-bond donors (Lipinski definition) is 2. The molecule has 2 rings (SSSR count). The van der Waals surface area contributed by atoms with Crippen LogP contribution >= 0.6 is 12.2 Å². The number of halogens is 2. The molecule has 1 aromatic carbocycles. The smallest absolute Gasteiger partial charge is 0.170 e. The Morgan fingerprint density at radius 3 is 2.91 bits per heavy atom. The number of rotatable bonds is 5. The fourth-order valence-electron chi connectivity index (χ4n) is 2.74. The van der Waals surface area contributed by atoms with E-state index in [0.717, 1.165) is 37.6 Å². The monoisotopic (exact) mass is 327 g/mol. The third-order valence-electron chi connectivity index (χ3n) is 3.86. The van der Waals surface area contributed by atoms with Crippen LogP contribution in [0.1, 0.15) is 26.2 Å². The zero-order valence-corrected chi connectivity index (χ0v) is 13.7. The summed E-state index contributed by atoms with van der Waals surface area (Å²) in [7, 11) is 0. The second kappa shape index (κ2) is 8.39. The number of hydrogen-bond acceptors (Lipinski definition) is 2. The summed E-state index contributed by atoms with van der Waals surface area (Å²) in [4.78, 5) is 2.49. The van der Waals surface area contributed by atoms with Crippen LogP contribution in [0.5, 0.6) is 0 Å². The third-order valence-corrected chi connectivity index (χ3v) is 4.10. The summed E-state index contributed by atoms with van der Waals surface area (Å²) in [5.41, 5.74) is 0.446. The van der Waals surface area contributed by atoms with Gasteiger partial charge in [-0.1, -0.05) is 6.92 Å². The predicted molar refractivity (Wildman–Crippen MR) is 90.0 cm³/mol. The Hall–Kier alpha value is -1.27. The molecule has 1 fully saturated rings. The van der Waals surface area contributed by atoms with Crippen LogP contribution in [0.4, 0.5) is 14.5 Å². The van der Waals surface area contributed by atoms with Gasteiger partial charge in [0, 0.05) is 24.8 Å². The Labute approximate surface area is 136 Å². The Morgan fingerprint density at radius 1 is 1.36 bits per heavy atom. The van der Waals surface area contributed by atoms with E-state index in [9.17, 15) is 8.78 Å². The molecular formula is C16H23F2N3S. The Morgan fingerprint density at radius 2 is 2.18 bits per heavy atom. The van der Waals surface area contributed by atoms with Crippen molar-refractivity contribution in [3.05, 3.63) is 29.8 Å². The minimum Gasteiger partial charge on any atom is -0.362 e. The van der Waals surface area contributed by atoms with Crippen molar-refractivity contribution in [2.75, 3.05) is 31.5 Å². The number of benzene rings is 1. The zero-order valence-electron chi connectivity index (χ0n) is 12.9. The van der Waals surface area contributed by atoms with Crippen molar-refractivity contribution >= 4 is 23.0 Å². The van der Waals surface area contributed by atoms with Gasteiger partial charge in [0.2, 0.25) is 0 Å². The molecular weight excluding hydrogens is 304 g/mol. The maximum Gasteiger partial charge on any atom is 0.170 e. The van der Waals surface area contributed by atoms with E-state index in [0.29, 0.717) is 10.8 Å². The molecule has 1 aliphatic rings. The predicted octanol–water partition coefficient (Wildman–Crippen LogP) is 3.37. The topological polar surface area (TPSA) is 27.3 Å². The Balaban J connectivity index is 1.64. The standard InChI is InChI=1S/C16H23F2N3S/c1-12-4-2-8-21(11-12)9-3-7-19-16(22)20-13-5-6-14(17)15(18)10-13/h5-6,10,12H,2-4,7-9,11H2,1H3,(H2,19,20,22). The van der Waals surface area contributed by atoms with Gasteiger partial charge in [-0.15, -0.1) is 0 Å². The van der Waals surface area contributed by atoms with Gasteiger partial charge in [-0.25, -0.2) is 8.78 Å². The van der Waals surface area contributed by atoms with Gasteiger partial charge in [-0.3, -0.25) is 0 Å². The molecule has 3 nitrogen and oxygen atoms in total. The molecule has 1 saturated heterocycles. The van der Waals surface area contributed by atoms with E-state index in [1.54, 1.807) is 0 Å². The van der Waals surface area contributed by atoms with Crippen molar-refractivity contribution in [3.63, 3.8) is 0 Å². The average Bonchev–Trinajstić information content (AvgIpc) is 2.48. The first-order chi connectivity index (χ1) is 10.5. The van der Waals surface area contributed by atoms with Gasteiger partial charge in [-0.2, -0.15) is 0 Å². The van der Waals surface area contributed by atoms with E-state index in [1.807, 2.05) is 0 Å². The van der Waals surface area contributed by atoms with Crippen LogP contribution in [0, 0.1) is 17.6 Å². The highest BCUT2D eigenvalue weighted by atomic mass is 32.1. The van der Waals surface area contributed by atoms with E-state index in [-0.39, 0.29) is 0 Å². The van der Waals surface area contributed by atoms with E-state index in [1.165, 1.54) is 32.0 Å². The molecule has 0 bridgehead atoms. The van der Waals surface area contributed by atoms with Gasteiger partial charge < -0.3 is 15.5 Å². The Bertz CT molecular complexity index is 510. The van der Waals surface area contributed by atoms with Gasteiger partial charge in [-0.05, 0) is 62.6 Å². The minimum atomic E-state index is -0.882. The van der Waals surface area contributed by atoms with Crippen molar-refractivity contribution in [3.8, 4) is 0 Å². The van der Waals surface area contributed by atoms with Crippen LogP contribution < -0.4 is 10.6 Å². The highest BCUT2D eigenvalue weighted by Gasteiger charge is 2.15. The second-order valence-corrected chi connectivity index (χ2v) is 6.32. The lowest BCUT2D eigenvalue weighted by Crippen LogP contribution is -2.37. The zero-order chi connectivity index (χ0) is 15.9. The summed E-state index contributed by atoms with van der Waals surface area (Å²) in [6.07, 6.45) is 3.62. The van der Waals surface area contributed by atoms with Crippen LogP contribution in [-0.2, 0) is 0 Å². The molecule has 0 radical (unpaired) electrons. The molecule has 0 aromatic heterocycles. The molecule has 0 aliphatic carbocycles. The molecule has 1 atom stereocenters. The quantitative estimate of drug-likeness (QED) is 0.640. The number of piperidine rings is 1. The number of likely N-dealkylation sites (tertiary alicyclic amines) is 1. The largest absolute Gasteiger partial charge is 0.362 e. The molecule has 0 spiro atoms. The SMILES string of the molecule is CC1CCCN(CCCNC(=S)Nc2ccc(F)c(F)c2)C1. The van der Waals surface area contributed by atoms with Gasteiger partial charge in [0.1, 0.15) is 0 Å². The molecule has 1 heterocycles. The fourth-order valence-corrected chi connectivity index (χ4v) is 2.96. The maximum atomic E-state index is 13.1. The summed E-state index contributed by atoms with van der Waals surface area (Å²) in [5, 5.41) is 6.38. The van der Waals surface area contributed by atoms with Crippen molar-refractivity contribution in [2.45, 2.75) is 26.2 Å². The van der Waals surface area contributed by atoms with Crippen LogP contribution in [0.3, 0.4) is 0 Å². The van der Waals surface area contributed by atoms with Crippen molar-refractivity contribution in [2.24, 2.45) is 5.92 Å². The lowest BCUT2D eigenvalue weighted by molar-refractivity contribution is 0.182. The number of thiocarbonyl (C=S) groups is 1. The molecule has 1 aliphatic heterocycles. The van der Waals surface area contributed by atoms with Crippen molar-refractivity contribution < 1.29 is 8.78 Å². The Kier molecular flexibility index (Phi) is 6.51. The molecule has 0 amide bonds. The number of nitrogens with one attached hydrogen (secondary N) is 2. The molecule has 22 heavy (non-hydrogen) atoms. The normalized spacial score (nSPS) is 19.0. The van der Waals surface area contributed by atoms with Crippen LogP contribution in [0.15, 0.2) is 18.2 Å². The lowest BCUT2D eigenvalue weighted by Gasteiger charge is -2.30. The molecule has 122 valence electrons. The molecule has 1 unspecified atom stereocenters. The van der Waals surface area contributed by atoms with Gasteiger partial charge in [0.05, 0.1) is 0 Å². The molecule has 6 heteroatoms. The number of nitrogens with zero attached hydrogens (tertiary/aromatic N) is 1. The van der Waals surface area contributed by atoms with Gasteiger partial charge in [0.25, 0.3) is 0 Å². The summed E-state index contributed by atoms with van der Waals surface area (Å²) in [5.74, 6) is -0.954. The first kappa shape index (κ1) is 17.1. The molecule has 2 N–H and O–H groups in total. The maximum absolute atomic E-state index is 13.1. The summed E-state index contributed by atoms with van der Waals surface area (Å²) < 4.78 is 25.9. The van der Waals surface area contributed by atoms with E-state index < -0.39 is 11.6 Å². The minimum absolute atomic E-state index is 0.429. The summed E-state index contributed by atoms with van der Waals surface area (Å²) >= 11 is 5.15. The first-order valence-corrected chi connectivity index (χ1v) is 8.17. The summed E-state index contributed by atoms with van der Waals surface area (Å²) in [6.45, 7) is 6.48. The fraction of sp³-hybridized carbons (Fsp3) is 0.562. The molecule has 0 saturated carbocycles. The second-order valence-electron chi connectivity index (χ2n) is 5.91. The highest BCUT2D eigenvalue weighted by molar-refractivity contribution is 7.80. The van der Waals surface area contributed by atoms with Crippen molar-refractivity contribution in [1.82, 2.24) is 10.2 Å². The van der Waals surface area contributed by atoms with E-state index in [4.69, 9.17) is 12.2 Å². The van der Waals surface area contributed by atoms with E-state index >= 15 is 0 Å². The van der Waals surface area contributed by atoms with Gasteiger partial charge >= 0.3 is 0 Å². The molecule has 1 aromatic rings. The average molecular weight is 327 g/mol. The highest BCUT2D eigenvalue weighted by Crippen LogP contribution is 2.15. The van der Waals surface area contributed by atoms with Gasteiger partial charge in [0.15, 0.2) is 16.7 Å². The van der Waals surface area contributed by atoms with Crippen LogP contribution in [-0.4, -0.2) is 36.2 Å². The first-order valence-electron chi connectivity index (χ1n) is 7.77. The number of anilines is 1. The lowest BCUT2D eigenvalue weighted by atomic mass is 10.0. The van der Waals surface area contributed by atoms with E-state index in [2.05, 4.69) is 22.5 Å². The summed E-state index contributed by atoms with van der Waals surface area (Å²) in [6, 6.07) is 3.64. The van der Waals surface area contributed by atoms with Crippen LogP contribution in [0.2, 0.25) is 0 Å².